The zero-order chi connectivity index (χ0) is 13.1. The quantitative estimate of drug-likeness (QED) is 0.798. The Morgan fingerprint density at radius 2 is 2.24 bits per heavy atom. The van der Waals surface area contributed by atoms with Crippen LogP contribution in [-0.2, 0) is 16.1 Å². The fourth-order valence-electron chi connectivity index (χ4n) is 1.78. The van der Waals surface area contributed by atoms with Gasteiger partial charge in [0.15, 0.2) is 0 Å². The van der Waals surface area contributed by atoms with E-state index in [1.54, 1.807) is 0 Å². The molecule has 0 saturated carbocycles. The molecule has 17 heavy (non-hydrogen) atoms. The summed E-state index contributed by atoms with van der Waals surface area (Å²) in [6.07, 6.45) is 4.06. The summed E-state index contributed by atoms with van der Waals surface area (Å²) in [5.74, 6) is -0.186. The number of hydrogen-bond acceptors (Lipinski definition) is 3. The Bertz CT molecular complexity index is 383. The van der Waals surface area contributed by atoms with E-state index < -0.39 is 5.41 Å². The first-order chi connectivity index (χ1) is 7.90. The molecule has 1 N–H and O–H groups in total. The molecule has 1 aromatic heterocycles. The lowest BCUT2D eigenvalue weighted by atomic mass is 9.94. The average Bonchev–Trinajstić information content (AvgIpc) is 2.74. The van der Waals surface area contributed by atoms with E-state index >= 15 is 0 Å². The molecule has 0 aliphatic rings. The normalized spacial score (nSPS) is 13.5. The van der Waals surface area contributed by atoms with Crippen LogP contribution in [0.3, 0.4) is 0 Å². The predicted molar refractivity (Wildman–Crippen MR) is 67.7 cm³/mol. The van der Waals surface area contributed by atoms with Gasteiger partial charge in [-0.05, 0) is 39.4 Å². The van der Waals surface area contributed by atoms with E-state index in [-0.39, 0.29) is 5.97 Å². The van der Waals surface area contributed by atoms with Gasteiger partial charge in [-0.2, -0.15) is 0 Å². The third-order valence-corrected chi connectivity index (χ3v) is 3.02. The number of rotatable bonds is 5. The van der Waals surface area contributed by atoms with Crippen LogP contribution in [-0.4, -0.2) is 24.7 Å². The first-order valence-electron chi connectivity index (χ1n) is 5.82. The van der Waals surface area contributed by atoms with Gasteiger partial charge in [-0.3, -0.25) is 4.79 Å². The monoisotopic (exact) mass is 238 g/mol. The van der Waals surface area contributed by atoms with Gasteiger partial charge in [0.2, 0.25) is 0 Å². The van der Waals surface area contributed by atoms with Crippen LogP contribution in [0.5, 0.6) is 0 Å². The van der Waals surface area contributed by atoms with Crippen molar-refractivity contribution >= 4 is 5.97 Å². The summed E-state index contributed by atoms with van der Waals surface area (Å²) in [7, 11) is 3.36. The second kappa shape index (κ2) is 5.36. The predicted octanol–water partition coefficient (Wildman–Crippen LogP) is 1.97. The molecule has 0 aromatic carbocycles. The summed E-state index contributed by atoms with van der Waals surface area (Å²) >= 11 is 0. The smallest absolute Gasteiger partial charge is 0.313 e. The van der Waals surface area contributed by atoms with E-state index in [1.807, 2.05) is 31.7 Å². The molecule has 0 fully saturated rings. The third-order valence-electron chi connectivity index (χ3n) is 3.02. The summed E-state index contributed by atoms with van der Waals surface area (Å²) < 4.78 is 6.83. The maximum atomic E-state index is 11.6. The molecule has 0 aliphatic carbocycles. The van der Waals surface area contributed by atoms with Crippen LogP contribution < -0.4 is 5.32 Å². The SMILES string of the molecule is CNC(C)c1ccn(CC(C)(C)C(=O)OC)c1. The van der Waals surface area contributed by atoms with E-state index in [4.69, 9.17) is 4.74 Å². The molecular weight excluding hydrogens is 216 g/mol. The number of carbonyl (C=O) groups excluding carboxylic acids is 1. The van der Waals surface area contributed by atoms with Gasteiger partial charge in [-0.25, -0.2) is 0 Å². The molecule has 1 atom stereocenters. The van der Waals surface area contributed by atoms with E-state index in [0.717, 1.165) is 0 Å². The van der Waals surface area contributed by atoms with Gasteiger partial charge >= 0.3 is 5.97 Å². The molecule has 0 bridgehead atoms. The molecule has 0 saturated heterocycles. The Balaban J connectivity index is 2.75. The summed E-state index contributed by atoms with van der Waals surface area (Å²) in [6, 6.07) is 2.38. The number of hydrogen-bond donors (Lipinski definition) is 1. The Hall–Kier alpha value is -1.29. The summed E-state index contributed by atoms with van der Waals surface area (Å²) in [5.41, 5.74) is 0.710. The van der Waals surface area contributed by atoms with Gasteiger partial charge in [-0.1, -0.05) is 0 Å². The summed E-state index contributed by atoms with van der Waals surface area (Å²) in [5, 5.41) is 3.19. The summed E-state index contributed by atoms with van der Waals surface area (Å²) in [6.45, 7) is 6.50. The number of nitrogens with zero attached hydrogens (tertiary/aromatic N) is 1. The highest BCUT2D eigenvalue weighted by molar-refractivity contribution is 5.75. The van der Waals surface area contributed by atoms with Crippen LogP contribution in [0.2, 0.25) is 0 Å². The second-order valence-electron chi connectivity index (χ2n) is 5.00. The average molecular weight is 238 g/mol. The lowest BCUT2D eigenvalue weighted by Crippen LogP contribution is -2.30. The van der Waals surface area contributed by atoms with Crippen molar-refractivity contribution in [3.8, 4) is 0 Å². The maximum Gasteiger partial charge on any atom is 0.313 e. The van der Waals surface area contributed by atoms with Crippen LogP contribution in [0.1, 0.15) is 32.4 Å². The molecule has 1 heterocycles. The highest BCUT2D eigenvalue weighted by Gasteiger charge is 2.29. The first-order valence-corrected chi connectivity index (χ1v) is 5.82. The number of methoxy groups -OCH3 is 1. The summed E-state index contributed by atoms with van der Waals surface area (Å²) in [4.78, 5) is 11.6. The molecule has 0 radical (unpaired) electrons. The highest BCUT2D eigenvalue weighted by Crippen LogP contribution is 2.21. The zero-order valence-electron chi connectivity index (χ0n) is 11.3. The minimum absolute atomic E-state index is 0.186. The van der Waals surface area contributed by atoms with Gasteiger partial charge in [0.1, 0.15) is 0 Å². The standard InChI is InChI=1S/C13H22N2O2/c1-10(14-4)11-6-7-15(8-11)9-13(2,3)12(16)17-5/h6-8,10,14H,9H2,1-5H3. The zero-order valence-corrected chi connectivity index (χ0v) is 11.3. The van der Waals surface area contributed by atoms with E-state index in [0.29, 0.717) is 12.6 Å². The molecule has 4 heteroatoms. The molecule has 1 unspecified atom stereocenters. The van der Waals surface area contributed by atoms with Crippen molar-refractivity contribution in [2.45, 2.75) is 33.4 Å². The number of aromatic nitrogens is 1. The largest absolute Gasteiger partial charge is 0.469 e. The van der Waals surface area contributed by atoms with Crippen molar-refractivity contribution in [3.63, 3.8) is 0 Å². The number of ether oxygens (including phenoxy) is 1. The number of esters is 1. The fourth-order valence-corrected chi connectivity index (χ4v) is 1.78. The lowest BCUT2D eigenvalue weighted by molar-refractivity contribution is -0.151. The fraction of sp³-hybridized carbons (Fsp3) is 0.615. The second-order valence-corrected chi connectivity index (χ2v) is 5.00. The van der Waals surface area contributed by atoms with Crippen LogP contribution >= 0.6 is 0 Å². The van der Waals surface area contributed by atoms with Gasteiger partial charge in [0, 0.05) is 25.0 Å². The van der Waals surface area contributed by atoms with Crippen molar-refractivity contribution < 1.29 is 9.53 Å². The van der Waals surface area contributed by atoms with E-state index in [2.05, 4.69) is 24.5 Å². The Labute approximate surface area is 103 Å². The van der Waals surface area contributed by atoms with Crippen molar-refractivity contribution in [1.29, 1.82) is 0 Å². The van der Waals surface area contributed by atoms with Gasteiger partial charge < -0.3 is 14.6 Å². The van der Waals surface area contributed by atoms with Crippen LogP contribution in [0.25, 0.3) is 0 Å². The molecule has 4 nitrogen and oxygen atoms in total. The lowest BCUT2D eigenvalue weighted by Gasteiger charge is -2.22. The Kier molecular flexibility index (Phi) is 4.34. The van der Waals surface area contributed by atoms with Crippen molar-refractivity contribution in [2.24, 2.45) is 5.41 Å². The molecule has 96 valence electrons. The van der Waals surface area contributed by atoms with E-state index in [9.17, 15) is 4.79 Å². The Morgan fingerprint density at radius 3 is 2.76 bits per heavy atom. The number of nitrogens with one attached hydrogen (secondary N) is 1. The van der Waals surface area contributed by atoms with Crippen LogP contribution in [0, 0.1) is 5.41 Å². The first kappa shape index (κ1) is 13.8. The maximum absolute atomic E-state index is 11.6. The van der Waals surface area contributed by atoms with Gasteiger partial charge in [0.25, 0.3) is 0 Å². The Morgan fingerprint density at radius 1 is 1.59 bits per heavy atom. The van der Waals surface area contributed by atoms with Crippen molar-refractivity contribution in [2.75, 3.05) is 14.2 Å². The minimum Gasteiger partial charge on any atom is -0.469 e. The van der Waals surface area contributed by atoms with Gasteiger partial charge in [0.05, 0.1) is 12.5 Å². The third kappa shape index (κ3) is 3.33. The van der Waals surface area contributed by atoms with E-state index in [1.165, 1.54) is 12.7 Å². The molecule has 1 rings (SSSR count). The molecule has 1 aromatic rings. The molecule has 0 aliphatic heterocycles. The van der Waals surface area contributed by atoms with Crippen LogP contribution in [0.4, 0.5) is 0 Å². The van der Waals surface area contributed by atoms with Crippen molar-refractivity contribution in [1.82, 2.24) is 9.88 Å². The van der Waals surface area contributed by atoms with Gasteiger partial charge in [-0.15, -0.1) is 0 Å². The minimum atomic E-state index is -0.506. The van der Waals surface area contributed by atoms with Crippen molar-refractivity contribution in [3.05, 3.63) is 24.0 Å². The highest BCUT2D eigenvalue weighted by atomic mass is 16.5. The number of carbonyl (C=O) groups is 1. The molecule has 0 spiro atoms. The molecular formula is C13H22N2O2. The van der Waals surface area contributed by atoms with Crippen LogP contribution in [0.15, 0.2) is 18.5 Å². The topological polar surface area (TPSA) is 43.3 Å². The molecule has 0 amide bonds.